The average molecular weight is 427 g/mol. The molecule has 1 fully saturated rings. The minimum atomic E-state index is -0.505. The molecule has 2 aromatic rings. The summed E-state index contributed by atoms with van der Waals surface area (Å²) in [6.07, 6.45) is 2.67. The number of benzene rings is 2. The summed E-state index contributed by atoms with van der Waals surface area (Å²) in [5.74, 6) is 0.351. The summed E-state index contributed by atoms with van der Waals surface area (Å²) in [7, 11) is 0. The smallest absolute Gasteiger partial charge is 0.251 e. The lowest BCUT2D eigenvalue weighted by atomic mass is 9.88. The van der Waals surface area contributed by atoms with E-state index in [0.717, 1.165) is 29.8 Å². The van der Waals surface area contributed by atoms with E-state index in [1.165, 1.54) is 5.56 Å². The van der Waals surface area contributed by atoms with Crippen molar-refractivity contribution in [3.8, 4) is 0 Å². The van der Waals surface area contributed by atoms with Gasteiger partial charge in [-0.2, -0.15) is 0 Å². The number of aryl methyl sites for hydroxylation is 1. The van der Waals surface area contributed by atoms with Gasteiger partial charge in [0.15, 0.2) is 0 Å². The fraction of sp³-hybridized carbons (Fsp3) is 0.440. The van der Waals surface area contributed by atoms with Gasteiger partial charge in [-0.1, -0.05) is 61.7 Å². The molecule has 1 saturated heterocycles. The Morgan fingerprint density at radius 1 is 1.13 bits per heavy atom. The molecule has 160 valence electrons. The summed E-state index contributed by atoms with van der Waals surface area (Å²) < 4.78 is 0. The van der Waals surface area contributed by atoms with Gasteiger partial charge in [-0.05, 0) is 61.4 Å². The van der Waals surface area contributed by atoms with E-state index < -0.39 is 6.04 Å². The van der Waals surface area contributed by atoms with Gasteiger partial charge in [-0.15, -0.1) is 0 Å². The van der Waals surface area contributed by atoms with Crippen LogP contribution in [0.15, 0.2) is 48.5 Å². The Balaban J connectivity index is 1.65. The summed E-state index contributed by atoms with van der Waals surface area (Å²) in [6.45, 7) is 7.45. The second-order valence-corrected chi connectivity index (χ2v) is 8.79. The maximum absolute atomic E-state index is 13.3. The summed E-state index contributed by atoms with van der Waals surface area (Å²) in [5.41, 5.74) is 2.90. The number of carbonyl (C=O) groups excluding carboxylic acids is 2. The Hall–Kier alpha value is -2.33. The quantitative estimate of drug-likeness (QED) is 0.690. The molecule has 0 bridgehead atoms. The van der Waals surface area contributed by atoms with E-state index >= 15 is 0 Å². The molecule has 1 aliphatic heterocycles. The molecule has 0 saturated carbocycles. The van der Waals surface area contributed by atoms with Crippen LogP contribution >= 0.6 is 11.6 Å². The number of halogens is 1. The van der Waals surface area contributed by atoms with Crippen LogP contribution in [0.2, 0.25) is 5.02 Å². The number of carbonyl (C=O) groups is 2. The highest BCUT2D eigenvalue weighted by Crippen LogP contribution is 2.29. The van der Waals surface area contributed by atoms with E-state index in [9.17, 15) is 9.59 Å². The Morgan fingerprint density at radius 3 is 2.40 bits per heavy atom. The zero-order valence-electron chi connectivity index (χ0n) is 18.0. The van der Waals surface area contributed by atoms with Gasteiger partial charge in [0.2, 0.25) is 5.91 Å². The lowest BCUT2D eigenvalue weighted by Crippen LogP contribution is -2.53. The highest BCUT2D eigenvalue weighted by Gasteiger charge is 2.32. The van der Waals surface area contributed by atoms with Gasteiger partial charge in [-0.3, -0.25) is 9.59 Å². The predicted octanol–water partition coefficient (Wildman–Crippen LogP) is 5.20. The molecule has 1 heterocycles. The molecule has 2 aromatic carbocycles. The van der Waals surface area contributed by atoms with Gasteiger partial charge in [-0.25, -0.2) is 0 Å². The number of likely N-dealkylation sites (tertiary alicyclic amines) is 1. The Kier molecular flexibility index (Phi) is 7.54. The zero-order chi connectivity index (χ0) is 21.7. The molecule has 5 heteroatoms. The summed E-state index contributed by atoms with van der Waals surface area (Å²) in [5, 5.41) is 3.76. The molecule has 30 heavy (non-hydrogen) atoms. The number of nitrogens with zero attached hydrogens (tertiary/aromatic N) is 1. The SMILES string of the molecule is CC[C@@H](C)[C@@H](NC(=O)c1cccc(C)c1)C(=O)N1CCC(c2ccc(Cl)cc2)CC1. The van der Waals surface area contributed by atoms with Crippen LogP contribution < -0.4 is 5.32 Å². The van der Waals surface area contributed by atoms with Crippen LogP contribution in [-0.4, -0.2) is 35.8 Å². The first-order valence-electron chi connectivity index (χ1n) is 10.8. The van der Waals surface area contributed by atoms with E-state index in [-0.39, 0.29) is 17.7 Å². The Labute approximate surface area is 184 Å². The van der Waals surface area contributed by atoms with Crippen molar-refractivity contribution in [2.75, 3.05) is 13.1 Å². The molecule has 1 N–H and O–H groups in total. The third kappa shape index (κ3) is 5.42. The van der Waals surface area contributed by atoms with Gasteiger partial charge in [0.05, 0.1) is 0 Å². The molecular weight excluding hydrogens is 396 g/mol. The molecule has 0 aromatic heterocycles. The number of hydrogen-bond donors (Lipinski definition) is 1. The second-order valence-electron chi connectivity index (χ2n) is 8.36. The maximum atomic E-state index is 13.3. The Bertz CT molecular complexity index is 873. The molecular formula is C25H31ClN2O2. The van der Waals surface area contributed by atoms with Crippen LogP contribution in [-0.2, 0) is 4.79 Å². The van der Waals surface area contributed by atoms with Crippen molar-refractivity contribution in [2.45, 2.75) is 52.0 Å². The third-order valence-electron chi connectivity index (χ3n) is 6.19. The number of piperidine rings is 1. The number of rotatable bonds is 6. The normalized spacial score (nSPS) is 16.7. The Morgan fingerprint density at radius 2 is 1.80 bits per heavy atom. The number of hydrogen-bond acceptors (Lipinski definition) is 2. The molecule has 0 spiro atoms. The predicted molar refractivity (Wildman–Crippen MR) is 122 cm³/mol. The van der Waals surface area contributed by atoms with E-state index in [0.29, 0.717) is 24.6 Å². The van der Waals surface area contributed by atoms with Crippen LogP contribution in [0.4, 0.5) is 0 Å². The zero-order valence-corrected chi connectivity index (χ0v) is 18.8. The molecule has 3 rings (SSSR count). The summed E-state index contributed by atoms with van der Waals surface area (Å²) in [6, 6.07) is 15.0. The van der Waals surface area contributed by atoms with Crippen molar-refractivity contribution < 1.29 is 9.59 Å². The van der Waals surface area contributed by atoms with E-state index in [2.05, 4.69) is 24.4 Å². The molecule has 4 nitrogen and oxygen atoms in total. The van der Waals surface area contributed by atoms with Gasteiger partial charge in [0, 0.05) is 23.7 Å². The first kappa shape index (κ1) is 22.4. The second kappa shape index (κ2) is 10.1. The average Bonchev–Trinajstić information content (AvgIpc) is 2.77. The molecule has 0 radical (unpaired) electrons. The number of nitrogens with one attached hydrogen (secondary N) is 1. The first-order chi connectivity index (χ1) is 14.4. The lowest BCUT2D eigenvalue weighted by molar-refractivity contribution is -0.135. The van der Waals surface area contributed by atoms with Crippen molar-refractivity contribution in [3.05, 3.63) is 70.2 Å². The van der Waals surface area contributed by atoms with Crippen LogP contribution in [0.1, 0.15) is 60.5 Å². The van der Waals surface area contributed by atoms with Crippen molar-refractivity contribution in [3.63, 3.8) is 0 Å². The standard InChI is InChI=1S/C25H31ClN2O2/c1-4-18(3)23(27-24(29)21-7-5-6-17(2)16-21)25(30)28-14-12-20(13-15-28)19-8-10-22(26)11-9-19/h5-11,16,18,20,23H,4,12-15H2,1-3H3,(H,27,29)/t18-,23-/m1/s1. The highest BCUT2D eigenvalue weighted by molar-refractivity contribution is 6.30. The molecule has 0 unspecified atom stereocenters. The topological polar surface area (TPSA) is 49.4 Å². The van der Waals surface area contributed by atoms with E-state index in [1.54, 1.807) is 6.07 Å². The van der Waals surface area contributed by atoms with Crippen molar-refractivity contribution >= 4 is 23.4 Å². The van der Waals surface area contributed by atoms with Crippen molar-refractivity contribution in [1.29, 1.82) is 0 Å². The summed E-state index contributed by atoms with van der Waals surface area (Å²) >= 11 is 6.00. The maximum Gasteiger partial charge on any atom is 0.251 e. The van der Waals surface area contributed by atoms with Gasteiger partial charge in [0.1, 0.15) is 6.04 Å². The molecule has 2 amide bonds. The molecule has 2 atom stereocenters. The fourth-order valence-electron chi connectivity index (χ4n) is 4.06. The minimum Gasteiger partial charge on any atom is -0.341 e. The van der Waals surface area contributed by atoms with Crippen LogP contribution in [0.5, 0.6) is 0 Å². The van der Waals surface area contributed by atoms with Crippen LogP contribution in [0, 0.1) is 12.8 Å². The largest absolute Gasteiger partial charge is 0.341 e. The highest BCUT2D eigenvalue weighted by atomic mass is 35.5. The summed E-state index contributed by atoms with van der Waals surface area (Å²) in [4.78, 5) is 28.0. The van der Waals surface area contributed by atoms with Crippen molar-refractivity contribution in [2.24, 2.45) is 5.92 Å². The van der Waals surface area contributed by atoms with Gasteiger partial charge < -0.3 is 10.2 Å². The van der Waals surface area contributed by atoms with E-state index in [4.69, 9.17) is 11.6 Å². The van der Waals surface area contributed by atoms with Crippen molar-refractivity contribution in [1.82, 2.24) is 10.2 Å². The number of amides is 2. The van der Waals surface area contributed by atoms with Crippen LogP contribution in [0.25, 0.3) is 0 Å². The third-order valence-corrected chi connectivity index (χ3v) is 6.45. The molecule has 1 aliphatic rings. The monoisotopic (exact) mass is 426 g/mol. The van der Waals surface area contributed by atoms with Crippen LogP contribution in [0.3, 0.4) is 0 Å². The fourth-order valence-corrected chi connectivity index (χ4v) is 4.18. The minimum absolute atomic E-state index is 0.0277. The molecule has 0 aliphatic carbocycles. The van der Waals surface area contributed by atoms with Gasteiger partial charge in [0.25, 0.3) is 5.91 Å². The lowest BCUT2D eigenvalue weighted by Gasteiger charge is -2.36. The first-order valence-corrected chi connectivity index (χ1v) is 11.2. The van der Waals surface area contributed by atoms with E-state index in [1.807, 2.05) is 49.1 Å². The van der Waals surface area contributed by atoms with Gasteiger partial charge >= 0.3 is 0 Å².